The first kappa shape index (κ1) is 13.2. The molecular weight excluding hydrogens is 230 g/mol. The number of benzene rings is 1. The molecule has 18 heavy (non-hydrogen) atoms. The lowest BCUT2D eigenvalue weighted by molar-refractivity contribution is 0.232. The second kappa shape index (κ2) is 6.61. The minimum atomic E-state index is 0.152. The molecule has 1 aliphatic carbocycles. The fourth-order valence-electron chi connectivity index (χ4n) is 1.73. The largest absolute Gasteiger partial charge is 0.497 e. The maximum atomic E-state index is 8.78. The predicted molar refractivity (Wildman–Crippen MR) is 70.1 cm³/mol. The maximum Gasteiger partial charge on any atom is 0.127 e. The summed E-state index contributed by atoms with van der Waals surface area (Å²) < 4.78 is 10.9. The molecule has 0 amide bonds. The van der Waals surface area contributed by atoms with E-state index in [1.165, 1.54) is 12.8 Å². The van der Waals surface area contributed by atoms with Crippen LogP contribution in [0, 0.1) is 0 Å². The van der Waals surface area contributed by atoms with Crippen LogP contribution in [0.3, 0.4) is 0 Å². The molecule has 4 nitrogen and oxygen atoms in total. The van der Waals surface area contributed by atoms with E-state index in [1.54, 1.807) is 7.11 Å². The zero-order valence-electron chi connectivity index (χ0n) is 10.8. The molecule has 0 spiro atoms. The van der Waals surface area contributed by atoms with Gasteiger partial charge in [0.15, 0.2) is 0 Å². The van der Waals surface area contributed by atoms with Crippen molar-refractivity contribution in [3.05, 3.63) is 23.8 Å². The highest BCUT2D eigenvalue weighted by Crippen LogP contribution is 2.26. The molecule has 0 radical (unpaired) electrons. The Hall–Kier alpha value is -1.26. The molecule has 0 unspecified atom stereocenters. The SMILES string of the molecule is COc1ccc(CNC2CC2)c(OCCCO)c1. The van der Waals surface area contributed by atoms with E-state index in [9.17, 15) is 0 Å². The van der Waals surface area contributed by atoms with Gasteiger partial charge >= 0.3 is 0 Å². The van der Waals surface area contributed by atoms with Crippen molar-refractivity contribution in [2.45, 2.75) is 31.8 Å². The first-order chi connectivity index (χ1) is 8.83. The third-order valence-electron chi connectivity index (χ3n) is 2.99. The van der Waals surface area contributed by atoms with Crippen LogP contribution >= 0.6 is 0 Å². The lowest BCUT2D eigenvalue weighted by Crippen LogP contribution is -2.16. The van der Waals surface area contributed by atoms with Crippen molar-refractivity contribution in [1.29, 1.82) is 0 Å². The minimum Gasteiger partial charge on any atom is -0.497 e. The second-order valence-corrected chi connectivity index (χ2v) is 4.55. The van der Waals surface area contributed by atoms with Gasteiger partial charge in [-0.1, -0.05) is 6.07 Å². The van der Waals surface area contributed by atoms with Crippen LogP contribution in [0.2, 0.25) is 0 Å². The summed E-state index contributed by atoms with van der Waals surface area (Å²) in [4.78, 5) is 0. The molecule has 2 N–H and O–H groups in total. The lowest BCUT2D eigenvalue weighted by Gasteiger charge is -2.13. The van der Waals surface area contributed by atoms with Crippen LogP contribution in [0.1, 0.15) is 24.8 Å². The molecule has 0 saturated heterocycles. The Labute approximate surface area is 108 Å². The monoisotopic (exact) mass is 251 g/mol. The van der Waals surface area contributed by atoms with Crippen molar-refractivity contribution in [3.63, 3.8) is 0 Å². The average Bonchev–Trinajstić information content (AvgIpc) is 3.21. The zero-order chi connectivity index (χ0) is 12.8. The quantitative estimate of drug-likeness (QED) is 0.691. The van der Waals surface area contributed by atoms with E-state index in [0.717, 1.165) is 23.6 Å². The fourth-order valence-corrected chi connectivity index (χ4v) is 1.73. The standard InChI is InChI=1S/C14H21NO3/c1-17-13-6-3-11(10-15-12-4-5-12)14(9-13)18-8-2-7-16/h3,6,9,12,15-16H,2,4-5,7-8,10H2,1H3. The molecule has 0 aliphatic heterocycles. The van der Waals surface area contributed by atoms with Crippen molar-refractivity contribution in [2.24, 2.45) is 0 Å². The van der Waals surface area contributed by atoms with E-state index in [0.29, 0.717) is 19.1 Å². The highest BCUT2D eigenvalue weighted by Gasteiger charge is 2.20. The van der Waals surface area contributed by atoms with Gasteiger partial charge in [-0.05, 0) is 18.9 Å². The molecule has 1 aromatic rings. The van der Waals surface area contributed by atoms with Crippen LogP contribution in [0.5, 0.6) is 11.5 Å². The number of methoxy groups -OCH3 is 1. The Bertz CT molecular complexity index is 377. The molecule has 1 fully saturated rings. The molecule has 1 aliphatic rings. The van der Waals surface area contributed by atoms with Crippen molar-refractivity contribution in [3.8, 4) is 11.5 Å². The van der Waals surface area contributed by atoms with Crippen molar-refractivity contribution in [1.82, 2.24) is 5.32 Å². The molecule has 2 rings (SSSR count). The zero-order valence-corrected chi connectivity index (χ0v) is 10.8. The van der Waals surface area contributed by atoms with Gasteiger partial charge in [0.1, 0.15) is 11.5 Å². The highest BCUT2D eigenvalue weighted by atomic mass is 16.5. The van der Waals surface area contributed by atoms with Gasteiger partial charge in [0, 0.05) is 37.2 Å². The third-order valence-corrected chi connectivity index (χ3v) is 2.99. The Morgan fingerprint density at radius 1 is 1.39 bits per heavy atom. The van der Waals surface area contributed by atoms with Gasteiger partial charge < -0.3 is 19.9 Å². The molecule has 0 heterocycles. The van der Waals surface area contributed by atoms with Crippen LogP contribution < -0.4 is 14.8 Å². The van der Waals surface area contributed by atoms with Gasteiger partial charge in [0.05, 0.1) is 13.7 Å². The number of aliphatic hydroxyl groups excluding tert-OH is 1. The average molecular weight is 251 g/mol. The van der Waals surface area contributed by atoms with Crippen LogP contribution in [0.15, 0.2) is 18.2 Å². The van der Waals surface area contributed by atoms with Gasteiger partial charge in [0.2, 0.25) is 0 Å². The second-order valence-electron chi connectivity index (χ2n) is 4.55. The maximum absolute atomic E-state index is 8.78. The number of rotatable bonds is 8. The Balaban J connectivity index is 1.99. The predicted octanol–water partition coefficient (Wildman–Crippen LogP) is 1.71. The molecule has 0 bridgehead atoms. The first-order valence-electron chi connectivity index (χ1n) is 6.47. The molecule has 4 heteroatoms. The minimum absolute atomic E-state index is 0.152. The number of ether oxygens (including phenoxy) is 2. The Morgan fingerprint density at radius 3 is 2.89 bits per heavy atom. The first-order valence-corrected chi connectivity index (χ1v) is 6.47. The van der Waals surface area contributed by atoms with Gasteiger partial charge in [-0.25, -0.2) is 0 Å². The van der Waals surface area contributed by atoms with E-state index in [4.69, 9.17) is 14.6 Å². The molecule has 0 aromatic heterocycles. The van der Waals surface area contributed by atoms with Crippen molar-refractivity contribution < 1.29 is 14.6 Å². The van der Waals surface area contributed by atoms with E-state index in [-0.39, 0.29) is 6.61 Å². The summed E-state index contributed by atoms with van der Waals surface area (Å²) in [5, 5.41) is 12.3. The summed E-state index contributed by atoms with van der Waals surface area (Å²) in [5.41, 5.74) is 1.14. The molecule has 1 aromatic carbocycles. The topological polar surface area (TPSA) is 50.7 Å². The molecular formula is C14H21NO3. The molecule has 1 saturated carbocycles. The van der Waals surface area contributed by atoms with Crippen LogP contribution in [-0.2, 0) is 6.54 Å². The molecule has 0 atom stereocenters. The number of hydrogen-bond donors (Lipinski definition) is 2. The van der Waals surface area contributed by atoms with E-state index >= 15 is 0 Å². The fraction of sp³-hybridized carbons (Fsp3) is 0.571. The van der Waals surface area contributed by atoms with Gasteiger partial charge in [-0.15, -0.1) is 0 Å². The third kappa shape index (κ3) is 3.89. The van der Waals surface area contributed by atoms with Crippen LogP contribution in [0.25, 0.3) is 0 Å². The Morgan fingerprint density at radius 2 is 2.22 bits per heavy atom. The summed E-state index contributed by atoms with van der Waals surface area (Å²) in [6.07, 6.45) is 3.19. The van der Waals surface area contributed by atoms with Crippen molar-refractivity contribution >= 4 is 0 Å². The van der Waals surface area contributed by atoms with Crippen LogP contribution in [-0.4, -0.2) is 31.5 Å². The van der Waals surface area contributed by atoms with E-state index in [1.807, 2.05) is 18.2 Å². The van der Waals surface area contributed by atoms with Gasteiger partial charge in [-0.3, -0.25) is 0 Å². The van der Waals surface area contributed by atoms with Gasteiger partial charge in [0.25, 0.3) is 0 Å². The normalized spacial score (nSPS) is 14.6. The summed E-state index contributed by atoms with van der Waals surface area (Å²) in [6.45, 7) is 1.50. The van der Waals surface area contributed by atoms with Crippen LogP contribution in [0.4, 0.5) is 0 Å². The number of nitrogens with one attached hydrogen (secondary N) is 1. The number of hydrogen-bond acceptors (Lipinski definition) is 4. The smallest absolute Gasteiger partial charge is 0.127 e. The number of aliphatic hydroxyl groups is 1. The molecule has 100 valence electrons. The lowest BCUT2D eigenvalue weighted by atomic mass is 10.2. The summed E-state index contributed by atoms with van der Waals surface area (Å²) in [5.74, 6) is 1.64. The summed E-state index contributed by atoms with van der Waals surface area (Å²) in [6, 6.07) is 6.56. The summed E-state index contributed by atoms with van der Waals surface area (Å²) in [7, 11) is 1.65. The Kier molecular flexibility index (Phi) is 4.84. The van der Waals surface area contributed by atoms with E-state index in [2.05, 4.69) is 5.32 Å². The highest BCUT2D eigenvalue weighted by molar-refractivity contribution is 5.40. The van der Waals surface area contributed by atoms with Gasteiger partial charge in [-0.2, -0.15) is 0 Å². The van der Waals surface area contributed by atoms with E-state index < -0.39 is 0 Å². The summed E-state index contributed by atoms with van der Waals surface area (Å²) >= 11 is 0. The van der Waals surface area contributed by atoms with Crippen molar-refractivity contribution in [2.75, 3.05) is 20.3 Å².